The molecule has 12 heteroatoms. The Morgan fingerprint density at radius 1 is 1.31 bits per heavy atom. The monoisotopic (exact) mass is 543 g/mol. The van der Waals surface area contributed by atoms with Gasteiger partial charge in [0.05, 0.1) is 11.3 Å². The van der Waals surface area contributed by atoms with Crippen molar-refractivity contribution in [1.82, 2.24) is 20.1 Å². The molecule has 1 saturated heterocycles. The van der Waals surface area contributed by atoms with Crippen molar-refractivity contribution < 1.29 is 22.4 Å². The second-order valence-electron chi connectivity index (χ2n) is 6.10. The van der Waals surface area contributed by atoms with E-state index >= 15 is 0 Å². The fourth-order valence-corrected chi connectivity index (χ4v) is 3.65. The van der Waals surface area contributed by atoms with Gasteiger partial charge in [-0.3, -0.25) is 9.79 Å². The SMILES string of the molecule is CN=C(NCCc1nc(C(F)(F)F)cs1)N1CCN(C(=O)c2ccco2)CC1.I. The van der Waals surface area contributed by atoms with Crippen LogP contribution in [0.15, 0.2) is 33.2 Å². The number of rotatable bonds is 4. The summed E-state index contributed by atoms with van der Waals surface area (Å²) < 4.78 is 42.9. The highest BCUT2D eigenvalue weighted by Gasteiger charge is 2.33. The fourth-order valence-electron chi connectivity index (χ4n) is 2.85. The van der Waals surface area contributed by atoms with Crippen molar-refractivity contribution in [2.24, 2.45) is 4.99 Å². The Bertz CT molecular complexity index is 817. The van der Waals surface area contributed by atoms with Gasteiger partial charge in [-0.1, -0.05) is 0 Å². The largest absolute Gasteiger partial charge is 0.459 e. The topological polar surface area (TPSA) is 74.0 Å². The first-order valence-electron chi connectivity index (χ1n) is 8.68. The highest BCUT2D eigenvalue weighted by molar-refractivity contribution is 14.0. The number of piperazine rings is 1. The molecule has 1 aliphatic heterocycles. The maximum atomic E-state index is 12.6. The minimum absolute atomic E-state index is 0. The zero-order valence-electron chi connectivity index (χ0n) is 15.6. The lowest BCUT2D eigenvalue weighted by atomic mass is 10.3. The minimum atomic E-state index is -4.41. The molecule has 0 spiro atoms. The van der Waals surface area contributed by atoms with E-state index in [1.54, 1.807) is 24.1 Å². The highest BCUT2D eigenvalue weighted by atomic mass is 127. The standard InChI is InChI=1S/C17H20F3N5O2S.HI/c1-21-16(22-5-4-14-23-13(11-28-14)17(18,19)20)25-8-6-24(7-9-25)15(26)12-3-2-10-27-12;/h2-3,10-11H,4-9H2,1H3,(H,21,22);1H. The van der Waals surface area contributed by atoms with Gasteiger partial charge in [0.2, 0.25) is 0 Å². The van der Waals surface area contributed by atoms with Crippen molar-refractivity contribution in [3.63, 3.8) is 0 Å². The molecule has 3 rings (SSSR count). The number of guanidine groups is 1. The molecular formula is C17H21F3IN5O2S. The van der Waals surface area contributed by atoms with Crippen LogP contribution >= 0.6 is 35.3 Å². The Balaban J connectivity index is 0.00000300. The number of amides is 1. The van der Waals surface area contributed by atoms with Crippen LogP contribution < -0.4 is 5.32 Å². The molecule has 160 valence electrons. The Kier molecular flexibility index (Phi) is 8.31. The molecule has 29 heavy (non-hydrogen) atoms. The maximum absolute atomic E-state index is 12.6. The van der Waals surface area contributed by atoms with E-state index in [0.29, 0.717) is 55.9 Å². The second kappa shape index (κ2) is 10.3. The van der Waals surface area contributed by atoms with Crippen LogP contribution in [0, 0.1) is 0 Å². The average Bonchev–Trinajstić information content (AvgIpc) is 3.36. The van der Waals surface area contributed by atoms with Gasteiger partial charge in [-0.15, -0.1) is 35.3 Å². The van der Waals surface area contributed by atoms with E-state index < -0.39 is 11.9 Å². The van der Waals surface area contributed by atoms with Gasteiger partial charge in [-0.2, -0.15) is 13.2 Å². The van der Waals surface area contributed by atoms with E-state index in [1.165, 1.54) is 6.26 Å². The van der Waals surface area contributed by atoms with Crippen LogP contribution in [0.5, 0.6) is 0 Å². The van der Waals surface area contributed by atoms with Crippen molar-refractivity contribution in [2.75, 3.05) is 39.8 Å². The van der Waals surface area contributed by atoms with E-state index in [1.807, 2.05) is 4.90 Å². The first-order chi connectivity index (χ1) is 13.4. The van der Waals surface area contributed by atoms with E-state index in [2.05, 4.69) is 15.3 Å². The molecule has 1 N–H and O–H groups in total. The second-order valence-corrected chi connectivity index (χ2v) is 7.05. The molecule has 0 saturated carbocycles. The molecule has 0 radical (unpaired) electrons. The summed E-state index contributed by atoms with van der Waals surface area (Å²) in [6.45, 7) is 2.68. The third kappa shape index (κ3) is 6.07. The fraction of sp³-hybridized carbons (Fsp3) is 0.471. The molecule has 1 amide bonds. The number of hydrogen-bond acceptors (Lipinski definition) is 5. The first-order valence-corrected chi connectivity index (χ1v) is 9.56. The first kappa shape index (κ1) is 23.4. The number of hydrogen-bond donors (Lipinski definition) is 1. The Hall–Kier alpha value is -1.83. The maximum Gasteiger partial charge on any atom is 0.434 e. The number of furan rings is 1. The van der Waals surface area contributed by atoms with E-state index in [-0.39, 0.29) is 29.9 Å². The highest BCUT2D eigenvalue weighted by Crippen LogP contribution is 2.30. The molecule has 0 aromatic carbocycles. The Morgan fingerprint density at radius 2 is 2.00 bits per heavy atom. The van der Waals surface area contributed by atoms with Gasteiger partial charge in [0.15, 0.2) is 17.4 Å². The predicted octanol–water partition coefficient (Wildman–Crippen LogP) is 2.95. The number of nitrogens with one attached hydrogen (secondary N) is 1. The normalized spacial score (nSPS) is 15.2. The van der Waals surface area contributed by atoms with Crippen molar-refractivity contribution in [2.45, 2.75) is 12.6 Å². The van der Waals surface area contributed by atoms with Gasteiger partial charge in [-0.05, 0) is 12.1 Å². The summed E-state index contributed by atoms with van der Waals surface area (Å²) in [7, 11) is 1.65. The summed E-state index contributed by atoms with van der Waals surface area (Å²) in [4.78, 5) is 23.9. The summed E-state index contributed by atoms with van der Waals surface area (Å²) in [5.41, 5.74) is -0.853. The molecule has 2 aromatic heterocycles. The molecular weight excluding hydrogens is 522 g/mol. The lowest BCUT2D eigenvalue weighted by molar-refractivity contribution is -0.140. The number of thiazole rings is 1. The summed E-state index contributed by atoms with van der Waals surface area (Å²) >= 11 is 0.996. The molecule has 0 bridgehead atoms. The minimum Gasteiger partial charge on any atom is -0.459 e. The smallest absolute Gasteiger partial charge is 0.434 e. The van der Waals surface area contributed by atoms with Gasteiger partial charge >= 0.3 is 6.18 Å². The quantitative estimate of drug-likeness (QED) is 0.365. The number of halogens is 4. The van der Waals surface area contributed by atoms with Crippen LogP contribution in [0.3, 0.4) is 0 Å². The molecule has 0 aliphatic carbocycles. The molecule has 7 nitrogen and oxygen atoms in total. The van der Waals surface area contributed by atoms with Crippen molar-refractivity contribution in [3.8, 4) is 0 Å². The number of aliphatic imine (C=N–C) groups is 1. The molecule has 0 atom stereocenters. The molecule has 0 unspecified atom stereocenters. The van der Waals surface area contributed by atoms with Crippen molar-refractivity contribution >= 4 is 47.2 Å². The number of carbonyl (C=O) groups is 1. The molecule has 1 fully saturated rings. The molecule has 3 heterocycles. The lowest BCUT2D eigenvalue weighted by Crippen LogP contribution is -2.54. The molecule has 1 aliphatic rings. The van der Waals surface area contributed by atoms with E-state index in [9.17, 15) is 18.0 Å². The Labute approximate surface area is 187 Å². The summed E-state index contributed by atoms with van der Waals surface area (Å²) in [5, 5.41) is 4.59. The third-order valence-electron chi connectivity index (χ3n) is 4.27. The van der Waals surface area contributed by atoms with Crippen molar-refractivity contribution in [3.05, 3.63) is 40.2 Å². The van der Waals surface area contributed by atoms with Crippen LogP contribution in [0.1, 0.15) is 21.3 Å². The van der Waals surface area contributed by atoms with Gasteiger partial charge in [0, 0.05) is 51.6 Å². The number of carbonyl (C=O) groups excluding carboxylic acids is 1. The molecule has 2 aromatic rings. The zero-order chi connectivity index (χ0) is 20.1. The average molecular weight is 543 g/mol. The van der Waals surface area contributed by atoms with Crippen LogP contribution in [0.4, 0.5) is 13.2 Å². The van der Waals surface area contributed by atoms with Crippen molar-refractivity contribution in [1.29, 1.82) is 0 Å². The summed E-state index contributed by atoms with van der Waals surface area (Å²) in [6.07, 6.45) is -2.57. The van der Waals surface area contributed by atoms with E-state index in [4.69, 9.17) is 4.42 Å². The lowest BCUT2D eigenvalue weighted by Gasteiger charge is -2.36. The zero-order valence-corrected chi connectivity index (χ0v) is 18.8. The number of aromatic nitrogens is 1. The van der Waals surface area contributed by atoms with Gasteiger partial charge in [0.1, 0.15) is 0 Å². The summed E-state index contributed by atoms with van der Waals surface area (Å²) in [5.74, 6) is 0.826. The van der Waals surface area contributed by atoms with Gasteiger partial charge < -0.3 is 19.5 Å². The van der Waals surface area contributed by atoms with Gasteiger partial charge in [-0.25, -0.2) is 4.98 Å². The predicted molar refractivity (Wildman–Crippen MR) is 114 cm³/mol. The van der Waals surface area contributed by atoms with Crippen LogP contribution in [0.25, 0.3) is 0 Å². The van der Waals surface area contributed by atoms with Gasteiger partial charge in [0.25, 0.3) is 5.91 Å². The van der Waals surface area contributed by atoms with E-state index in [0.717, 1.165) is 16.7 Å². The van der Waals surface area contributed by atoms with Crippen LogP contribution in [0.2, 0.25) is 0 Å². The number of alkyl halides is 3. The number of nitrogens with zero attached hydrogens (tertiary/aromatic N) is 4. The Morgan fingerprint density at radius 3 is 2.55 bits per heavy atom. The summed E-state index contributed by atoms with van der Waals surface area (Å²) in [6, 6.07) is 3.31. The van der Waals surface area contributed by atoms with Crippen LogP contribution in [-0.2, 0) is 12.6 Å². The van der Waals surface area contributed by atoms with Crippen LogP contribution in [-0.4, -0.2) is 66.4 Å². The third-order valence-corrected chi connectivity index (χ3v) is 5.18.